The molecule has 126 valence electrons. The summed E-state index contributed by atoms with van der Waals surface area (Å²) in [4.78, 5) is 6.56. The molecule has 2 aromatic carbocycles. The standard InChI is InChI=1S/C18H19N3O2.ClH/c1-21(2)12-13-22-16-11-7-6-10-15(16)18-19-17(20-23-18)14-8-4-3-5-9-14;/h3-11H,12-13H2,1-2H3;1H. The van der Waals surface area contributed by atoms with Crippen LogP contribution in [0.2, 0.25) is 0 Å². The maximum absolute atomic E-state index is 5.85. The molecule has 0 radical (unpaired) electrons. The molecule has 1 heterocycles. The van der Waals surface area contributed by atoms with Gasteiger partial charge < -0.3 is 14.2 Å². The number of para-hydroxylation sites is 1. The zero-order chi connectivity index (χ0) is 16.1. The summed E-state index contributed by atoms with van der Waals surface area (Å²) >= 11 is 0. The van der Waals surface area contributed by atoms with Crippen LogP contribution in [-0.2, 0) is 0 Å². The maximum Gasteiger partial charge on any atom is 0.262 e. The van der Waals surface area contributed by atoms with Gasteiger partial charge in [0.2, 0.25) is 5.82 Å². The third-order valence-corrected chi connectivity index (χ3v) is 3.37. The van der Waals surface area contributed by atoms with Crippen LogP contribution in [0.4, 0.5) is 0 Å². The minimum Gasteiger partial charge on any atom is -0.491 e. The van der Waals surface area contributed by atoms with Crippen LogP contribution in [0.3, 0.4) is 0 Å². The highest BCUT2D eigenvalue weighted by Gasteiger charge is 2.14. The van der Waals surface area contributed by atoms with E-state index in [9.17, 15) is 0 Å². The van der Waals surface area contributed by atoms with Crippen LogP contribution in [0.1, 0.15) is 0 Å². The number of hydrogen-bond acceptors (Lipinski definition) is 5. The average Bonchev–Trinajstić information content (AvgIpc) is 3.06. The Hall–Kier alpha value is -2.37. The normalized spacial score (nSPS) is 10.5. The molecule has 0 aliphatic rings. The first kappa shape index (κ1) is 18.0. The second-order valence-corrected chi connectivity index (χ2v) is 5.44. The van der Waals surface area contributed by atoms with Crippen molar-refractivity contribution < 1.29 is 9.26 Å². The van der Waals surface area contributed by atoms with Crippen LogP contribution in [0.5, 0.6) is 5.75 Å². The van der Waals surface area contributed by atoms with Gasteiger partial charge in [-0.15, -0.1) is 12.4 Å². The Labute approximate surface area is 147 Å². The van der Waals surface area contributed by atoms with E-state index in [1.807, 2.05) is 68.7 Å². The van der Waals surface area contributed by atoms with E-state index < -0.39 is 0 Å². The summed E-state index contributed by atoms with van der Waals surface area (Å²) in [5, 5.41) is 4.06. The van der Waals surface area contributed by atoms with Crippen LogP contribution < -0.4 is 4.74 Å². The number of ether oxygens (including phenoxy) is 1. The summed E-state index contributed by atoms with van der Waals surface area (Å²) in [5.74, 6) is 1.78. The second-order valence-electron chi connectivity index (χ2n) is 5.44. The molecule has 6 heteroatoms. The third-order valence-electron chi connectivity index (χ3n) is 3.37. The molecule has 3 rings (SSSR count). The van der Waals surface area contributed by atoms with Gasteiger partial charge in [0, 0.05) is 12.1 Å². The fraction of sp³-hybridized carbons (Fsp3) is 0.222. The molecule has 1 aromatic heterocycles. The first-order valence-electron chi connectivity index (χ1n) is 7.50. The van der Waals surface area contributed by atoms with Crippen molar-refractivity contribution in [3.63, 3.8) is 0 Å². The van der Waals surface area contributed by atoms with Gasteiger partial charge in [-0.1, -0.05) is 47.6 Å². The lowest BCUT2D eigenvalue weighted by Gasteiger charge is -2.12. The summed E-state index contributed by atoms with van der Waals surface area (Å²) in [5.41, 5.74) is 1.73. The van der Waals surface area contributed by atoms with E-state index in [0.29, 0.717) is 18.3 Å². The molecule has 0 fully saturated rings. The van der Waals surface area contributed by atoms with E-state index in [1.165, 1.54) is 0 Å². The Balaban J connectivity index is 0.00000208. The van der Waals surface area contributed by atoms with E-state index >= 15 is 0 Å². The number of rotatable bonds is 6. The lowest BCUT2D eigenvalue weighted by molar-refractivity contribution is 0.261. The molecule has 5 nitrogen and oxygen atoms in total. The molecule has 0 atom stereocenters. The van der Waals surface area contributed by atoms with Crippen molar-refractivity contribution in [2.45, 2.75) is 0 Å². The van der Waals surface area contributed by atoms with Crippen molar-refractivity contribution in [3.05, 3.63) is 54.6 Å². The first-order chi connectivity index (χ1) is 11.2. The van der Waals surface area contributed by atoms with Gasteiger partial charge in [-0.05, 0) is 26.2 Å². The quantitative estimate of drug-likeness (QED) is 0.680. The number of hydrogen-bond donors (Lipinski definition) is 0. The van der Waals surface area contributed by atoms with E-state index in [4.69, 9.17) is 9.26 Å². The summed E-state index contributed by atoms with van der Waals surface area (Å²) in [7, 11) is 4.03. The second kappa shape index (κ2) is 8.47. The summed E-state index contributed by atoms with van der Waals surface area (Å²) in [6, 6.07) is 17.5. The molecular weight excluding hydrogens is 326 g/mol. The Bertz CT molecular complexity index is 760. The van der Waals surface area contributed by atoms with Crippen molar-refractivity contribution in [1.29, 1.82) is 0 Å². The van der Waals surface area contributed by atoms with E-state index in [-0.39, 0.29) is 12.4 Å². The molecule has 24 heavy (non-hydrogen) atoms. The highest BCUT2D eigenvalue weighted by atomic mass is 35.5. The van der Waals surface area contributed by atoms with Crippen LogP contribution in [0.15, 0.2) is 59.1 Å². The van der Waals surface area contributed by atoms with Gasteiger partial charge >= 0.3 is 0 Å². The van der Waals surface area contributed by atoms with Crippen molar-refractivity contribution in [2.75, 3.05) is 27.2 Å². The SMILES string of the molecule is CN(C)CCOc1ccccc1-c1nc(-c2ccccc2)no1.Cl. The largest absolute Gasteiger partial charge is 0.491 e. The zero-order valence-corrected chi connectivity index (χ0v) is 14.5. The molecule has 0 aliphatic carbocycles. The van der Waals surface area contributed by atoms with Gasteiger partial charge in [0.25, 0.3) is 5.89 Å². The number of halogens is 1. The summed E-state index contributed by atoms with van der Waals surface area (Å²) < 4.78 is 11.3. The third kappa shape index (κ3) is 4.34. The Morgan fingerprint density at radius 1 is 1.00 bits per heavy atom. The predicted molar refractivity (Wildman–Crippen MR) is 96.5 cm³/mol. The summed E-state index contributed by atoms with van der Waals surface area (Å²) in [6.45, 7) is 1.44. The minimum atomic E-state index is 0. The average molecular weight is 346 g/mol. The van der Waals surface area contributed by atoms with Crippen molar-refractivity contribution in [2.24, 2.45) is 0 Å². The molecular formula is C18H20ClN3O2. The highest BCUT2D eigenvalue weighted by molar-refractivity contribution is 5.85. The highest BCUT2D eigenvalue weighted by Crippen LogP contribution is 2.30. The Morgan fingerprint density at radius 2 is 1.71 bits per heavy atom. The van der Waals surface area contributed by atoms with Crippen molar-refractivity contribution in [1.82, 2.24) is 15.0 Å². The topological polar surface area (TPSA) is 51.4 Å². The van der Waals surface area contributed by atoms with Gasteiger partial charge in [0.05, 0.1) is 5.56 Å². The van der Waals surface area contributed by atoms with Gasteiger partial charge in [-0.25, -0.2) is 0 Å². The Kier molecular flexibility index (Phi) is 6.35. The minimum absolute atomic E-state index is 0. The molecule has 3 aromatic rings. The molecule has 0 amide bonds. The van der Waals surface area contributed by atoms with Gasteiger partial charge in [-0.2, -0.15) is 4.98 Å². The van der Waals surface area contributed by atoms with Crippen molar-refractivity contribution >= 4 is 12.4 Å². The first-order valence-corrected chi connectivity index (χ1v) is 7.50. The monoisotopic (exact) mass is 345 g/mol. The van der Waals surface area contributed by atoms with Crippen LogP contribution in [0.25, 0.3) is 22.8 Å². The van der Waals surface area contributed by atoms with E-state index in [0.717, 1.165) is 23.4 Å². The van der Waals surface area contributed by atoms with Crippen LogP contribution in [-0.4, -0.2) is 42.3 Å². The fourth-order valence-corrected chi connectivity index (χ4v) is 2.14. The molecule has 0 spiro atoms. The fourth-order valence-electron chi connectivity index (χ4n) is 2.14. The number of likely N-dealkylation sites (N-methyl/N-ethyl adjacent to an activating group) is 1. The molecule has 0 saturated heterocycles. The van der Waals surface area contributed by atoms with Gasteiger partial charge in [-0.3, -0.25) is 0 Å². The Morgan fingerprint density at radius 3 is 2.46 bits per heavy atom. The lowest BCUT2D eigenvalue weighted by Crippen LogP contribution is -2.19. The molecule has 0 unspecified atom stereocenters. The van der Waals surface area contributed by atoms with Crippen LogP contribution in [0, 0.1) is 0 Å². The number of benzene rings is 2. The summed E-state index contributed by atoms with van der Waals surface area (Å²) in [6.07, 6.45) is 0. The molecule has 0 bridgehead atoms. The van der Waals surface area contributed by atoms with Crippen molar-refractivity contribution in [3.8, 4) is 28.6 Å². The predicted octanol–water partition coefficient (Wildman–Crippen LogP) is 3.77. The van der Waals surface area contributed by atoms with Gasteiger partial charge in [0.15, 0.2) is 0 Å². The van der Waals surface area contributed by atoms with Crippen LogP contribution >= 0.6 is 12.4 Å². The van der Waals surface area contributed by atoms with E-state index in [1.54, 1.807) is 0 Å². The molecule has 0 saturated carbocycles. The van der Waals surface area contributed by atoms with E-state index in [2.05, 4.69) is 15.0 Å². The lowest BCUT2D eigenvalue weighted by atomic mass is 10.2. The number of aromatic nitrogens is 2. The molecule has 0 N–H and O–H groups in total. The maximum atomic E-state index is 5.85. The zero-order valence-electron chi connectivity index (χ0n) is 13.7. The smallest absolute Gasteiger partial charge is 0.262 e. The number of nitrogens with zero attached hydrogens (tertiary/aromatic N) is 3. The molecule has 0 aliphatic heterocycles. The van der Waals surface area contributed by atoms with Gasteiger partial charge in [0.1, 0.15) is 12.4 Å².